The quantitative estimate of drug-likeness (QED) is 0.647. The zero-order valence-electron chi connectivity index (χ0n) is 19.7. The van der Waals surface area contributed by atoms with Gasteiger partial charge in [0.1, 0.15) is 11.8 Å². The topological polar surface area (TPSA) is 58.6 Å². The predicted molar refractivity (Wildman–Crippen MR) is 125 cm³/mol. The van der Waals surface area contributed by atoms with E-state index in [-0.39, 0.29) is 24.0 Å². The van der Waals surface area contributed by atoms with E-state index in [1.165, 1.54) is 5.56 Å². The molecule has 0 aromatic heterocycles. The number of rotatable bonds is 9. The summed E-state index contributed by atoms with van der Waals surface area (Å²) in [5.41, 5.74) is 3.05. The Balaban J connectivity index is 2.16. The first kappa shape index (κ1) is 24.4. The van der Waals surface area contributed by atoms with E-state index in [9.17, 15) is 9.59 Å². The monoisotopic (exact) mass is 424 g/mol. The summed E-state index contributed by atoms with van der Waals surface area (Å²) in [5, 5.41) is 3.02. The SMILES string of the molecule is CC[C@@H](C(=O)NC(C)(C)C)N(CCc1ccccc1)C(=O)COc1ccc(C)c(C)c1. The molecule has 0 saturated heterocycles. The van der Waals surface area contributed by atoms with Gasteiger partial charge >= 0.3 is 0 Å². The zero-order chi connectivity index (χ0) is 23.0. The van der Waals surface area contributed by atoms with Crippen molar-refractivity contribution in [2.24, 2.45) is 0 Å². The second-order valence-electron chi connectivity index (χ2n) is 9.02. The summed E-state index contributed by atoms with van der Waals surface area (Å²) in [6.07, 6.45) is 1.21. The standard InChI is InChI=1S/C26H36N2O3/c1-7-23(25(30)27-26(4,5)6)28(16-15-21-11-9-8-10-12-21)24(29)18-31-22-14-13-19(2)20(3)17-22/h8-14,17,23H,7,15-16,18H2,1-6H3,(H,27,30)/t23-/m0/s1. The van der Waals surface area contributed by atoms with E-state index in [0.717, 1.165) is 11.1 Å². The molecule has 0 spiro atoms. The Labute approximate surface area is 186 Å². The molecule has 168 valence electrons. The first-order chi connectivity index (χ1) is 14.6. The first-order valence-corrected chi connectivity index (χ1v) is 11.0. The molecule has 0 heterocycles. The fourth-order valence-corrected chi connectivity index (χ4v) is 3.38. The van der Waals surface area contributed by atoms with E-state index in [1.54, 1.807) is 4.90 Å². The maximum absolute atomic E-state index is 13.2. The molecule has 1 N–H and O–H groups in total. The van der Waals surface area contributed by atoms with Crippen LogP contribution in [-0.4, -0.2) is 41.4 Å². The summed E-state index contributed by atoms with van der Waals surface area (Å²) < 4.78 is 5.79. The van der Waals surface area contributed by atoms with E-state index in [4.69, 9.17) is 4.74 Å². The summed E-state index contributed by atoms with van der Waals surface area (Å²) in [6, 6.07) is 15.2. The molecule has 0 unspecified atom stereocenters. The van der Waals surface area contributed by atoms with Gasteiger partial charge in [-0.15, -0.1) is 0 Å². The van der Waals surface area contributed by atoms with Crippen LogP contribution in [0, 0.1) is 13.8 Å². The Morgan fingerprint density at radius 2 is 1.71 bits per heavy atom. The molecule has 0 aliphatic heterocycles. The Bertz CT molecular complexity index is 872. The van der Waals surface area contributed by atoms with Crippen molar-refractivity contribution in [3.8, 4) is 5.75 Å². The molecule has 2 amide bonds. The van der Waals surface area contributed by atoms with Crippen LogP contribution in [-0.2, 0) is 16.0 Å². The van der Waals surface area contributed by atoms with Gasteiger partial charge in [0, 0.05) is 12.1 Å². The molecule has 0 fully saturated rings. The minimum Gasteiger partial charge on any atom is -0.484 e. The van der Waals surface area contributed by atoms with Crippen LogP contribution in [0.3, 0.4) is 0 Å². The number of benzene rings is 2. The zero-order valence-corrected chi connectivity index (χ0v) is 19.7. The van der Waals surface area contributed by atoms with Gasteiger partial charge in [0.2, 0.25) is 5.91 Å². The van der Waals surface area contributed by atoms with Crippen LogP contribution < -0.4 is 10.1 Å². The van der Waals surface area contributed by atoms with Crippen LogP contribution in [0.5, 0.6) is 5.75 Å². The first-order valence-electron chi connectivity index (χ1n) is 11.0. The summed E-state index contributed by atoms with van der Waals surface area (Å²) in [7, 11) is 0. The maximum atomic E-state index is 13.2. The summed E-state index contributed by atoms with van der Waals surface area (Å²) in [4.78, 5) is 27.8. The Morgan fingerprint density at radius 3 is 2.29 bits per heavy atom. The maximum Gasteiger partial charge on any atom is 0.261 e. The van der Waals surface area contributed by atoms with Crippen molar-refractivity contribution in [1.82, 2.24) is 10.2 Å². The van der Waals surface area contributed by atoms with Gasteiger partial charge in [-0.05, 0) is 76.3 Å². The van der Waals surface area contributed by atoms with Gasteiger partial charge < -0.3 is 15.0 Å². The fourth-order valence-electron chi connectivity index (χ4n) is 3.38. The molecule has 2 rings (SSSR count). The van der Waals surface area contributed by atoms with Gasteiger partial charge in [-0.2, -0.15) is 0 Å². The molecule has 0 radical (unpaired) electrons. The third-order valence-corrected chi connectivity index (χ3v) is 5.21. The van der Waals surface area contributed by atoms with Crippen molar-refractivity contribution in [2.45, 2.75) is 66.0 Å². The number of ether oxygens (including phenoxy) is 1. The van der Waals surface area contributed by atoms with Crippen LogP contribution >= 0.6 is 0 Å². The molecule has 5 nitrogen and oxygen atoms in total. The van der Waals surface area contributed by atoms with Crippen LogP contribution in [0.15, 0.2) is 48.5 Å². The van der Waals surface area contributed by atoms with Gasteiger partial charge in [-0.1, -0.05) is 43.3 Å². The average Bonchev–Trinajstić information content (AvgIpc) is 2.71. The molecule has 31 heavy (non-hydrogen) atoms. The van der Waals surface area contributed by atoms with Crippen molar-refractivity contribution < 1.29 is 14.3 Å². The normalized spacial score (nSPS) is 12.2. The highest BCUT2D eigenvalue weighted by atomic mass is 16.5. The number of amides is 2. The average molecular weight is 425 g/mol. The van der Waals surface area contributed by atoms with Crippen molar-refractivity contribution in [3.05, 3.63) is 65.2 Å². The van der Waals surface area contributed by atoms with Gasteiger partial charge in [0.25, 0.3) is 5.91 Å². The lowest BCUT2D eigenvalue weighted by atomic mass is 10.1. The molecule has 2 aromatic carbocycles. The summed E-state index contributed by atoms with van der Waals surface area (Å²) >= 11 is 0. The highest BCUT2D eigenvalue weighted by Crippen LogP contribution is 2.17. The number of hydrogen-bond donors (Lipinski definition) is 1. The van der Waals surface area contributed by atoms with E-state index < -0.39 is 6.04 Å². The van der Waals surface area contributed by atoms with Crippen molar-refractivity contribution in [2.75, 3.05) is 13.2 Å². The van der Waals surface area contributed by atoms with Gasteiger partial charge in [-0.3, -0.25) is 9.59 Å². The molecule has 2 aromatic rings. The smallest absolute Gasteiger partial charge is 0.261 e. The molecule has 1 atom stereocenters. The predicted octanol–water partition coefficient (Wildman–Crippen LogP) is 4.45. The van der Waals surface area contributed by atoms with Crippen LogP contribution in [0.2, 0.25) is 0 Å². The largest absolute Gasteiger partial charge is 0.484 e. The fraction of sp³-hybridized carbons (Fsp3) is 0.462. The van der Waals surface area contributed by atoms with E-state index >= 15 is 0 Å². The number of nitrogens with zero attached hydrogens (tertiary/aromatic N) is 1. The van der Waals surface area contributed by atoms with E-state index in [0.29, 0.717) is 25.1 Å². The van der Waals surface area contributed by atoms with E-state index in [1.807, 2.05) is 90.1 Å². The highest BCUT2D eigenvalue weighted by molar-refractivity contribution is 5.88. The number of carbonyl (C=O) groups is 2. The van der Waals surface area contributed by atoms with Gasteiger partial charge in [0.15, 0.2) is 6.61 Å². The van der Waals surface area contributed by atoms with Gasteiger partial charge in [-0.25, -0.2) is 0 Å². The number of aryl methyl sites for hydroxylation is 2. The lowest BCUT2D eigenvalue weighted by Crippen LogP contribution is -2.54. The van der Waals surface area contributed by atoms with E-state index in [2.05, 4.69) is 5.32 Å². The van der Waals surface area contributed by atoms with Crippen LogP contribution in [0.25, 0.3) is 0 Å². The second kappa shape index (κ2) is 11.0. The third kappa shape index (κ3) is 7.74. The molecule has 0 saturated carbocycles. The Kier molecular flexibility index (Phi) is 8.66. The minimum absolute atomic E-state index is 0.101. The Morgan fingerprint density at radius 1 is 1.03 bits per heavy atom. The van der Waals surface area contributed by atoms with Crippen molar-refractivity contribution in [3.63, 3.8) is 0 Å². The van der Waals surface area contributed by atoms with Crippen LogP contribution in [0.1, 0.15) is 50.8 Å². The van der Waals surface area contributed by atoms with Crippen LogP contribution in [0.4, 0.5) is 0 Å². The molecule has 0 aliphatic rings. The second-order valence-corrected chi connectivity index (χ2v) is 9.02. The molecule has 5 heteroatoms. The third-order valence-electron chi connectivity index (χ3n) is 5.21. The summed E-state index contributed by atoms with van der Waals surface area (Å²) in [6.45, 7) is 12.2. The molecular weight excluding hydrogens is 388 g/mol. The lowest BCUT2D eigenvalue weighted by molar-refractivity contribution is -0.142. The van der Waals surface area contributed by atoms with Gasteiger partial charge in [0.05, 0.1) is 0 Å². The number of hydrogen-bond acceptors (Lipinski definition) is 3. The van der Waals surface area contributed by atoms with Crippen molar-refractivity contribution in [1.29, 1.82) is 0 Å². The molecule has 0 bridgehead atoms. The lowest BCUT2D eigenvalue weighted by Gasteiger charge is -2.33. The Hall–Kier alpha value is -2.82. The van der Waals surface area contributed by atoms with Crippen molar-refractivity contribution >= 4 is 11.8 Å². The molecular formula is C26H36N2O3. The molecule has 0 aliphatic carbocycles. The highest BCUT2D eigenvalue weighted by Gasteiger charge is 2.30. The summed E-state index contributed by atoms with van der Waals surface area (Å²) in [5.74, 6) is 0.333. The number of nitrogens with one attached hydrogen (secondary N) is 1. The minimum atomic E-state index is -0.543. The number of carbonyl (C=O) groups excluding carboxylic acids is 2.